The number of carbonyl (C=O) groups excluding carboxylic acids is 3. The largest absolute Gasteiger partial charge is 0.458 e. The maximum atomic E-state index is 12.2. The van der Waals surface area contributed by atoms with Crippen LogP contribution in [0.4, 0.5) is 4.79 Å². The second kappa shape index (κ2) is 11.6. The van der Waals surface area contributed by atoms with Gasteiger partial charge < -0.3 is 29.0 Å². The Hall–Kier alpha value is -2.56. The number of methoxy groups -OCH3 is 1. The summed E-state index contributed by atoms with van der Waals surface area (Å²) < 4.78 is 26.6. The highest BCUT2D eigenvalue weighted by molar-refractivity contribution is 5.68. The van der Waals surface area contributed by atoms with Crippen LogP contribution >= 0.6 is 0 Å². The summed E-state index contributed by atoms with van der Waals surface area (Å²) in [5.41, 5.74) is 8.98. The van der Waals surface area contributed by atoms with Crippen molar-refractivity contribution >= 4 is 18.0 Å². The summed E-state index contributed by atoms with van der Waals surface area (Å²) in [4.78, 5) is 38.0. The van der Waals surface area contributed by atoms with E-state index in [9.17, 15) is 14.4 Å². The van der Waals surface area contributed by atoms with Crippen LogP contribution in [0.1, 0.15) is 46.0 Å². The zero-order valence-electron chi connectivity index (χ0n) is 17.3. The molecule has 5 atom stereocenters. The van der Waals surface area contributed by atoms with Gasteiger partial charge in [-0.1, -0.05) is 24.4 Å². The lowest BCUT2D eigenvalue weighted by Gasteiger charge is -2.42. The van der Waals surface area contributed by atoms with E-state index in [-0.39, 0.29) is 12.6 Å². The standard InChI is InChI=1S/C18H28N4O8/c1-10(23)28-15-14(21-22-19)13(30-17(26-3)16(15)29-11(2)24)9-27-18(25)20-12-7-5-4-6-8-12/h12-17H,4-9H2,1-3H3,(H,20,25)/t13-,14-,15+,16-,17-/m1/s1. The van der Waals surface area contributed by atoms with Crippen LogP contribution < -0.4 is 5.32 Å². The SMILES string of the molecule is CO[C@@H]1O[C@H](COC(=O)NC2CCCCC2)[C@@H](N=[N+]=[N-])[C@H](OC(C)=O)[C@H]1OC(C)=O. The van der Waals surface area contributed by atoms with Crippen molar-refractivity contribution < 1.29 is 38.1 Å². The predicted octanol–water partition coefficient (Wildman–Crippen LogP) is 1.96. The number of nitrogens with zero attached hydrogens (tertiary/aromatic N) is 3. The number of hydrogen-bond donors (Lipinski definition) is 1. The summed E-state index contributed by atoms with van der Waals surface area (Å²) in [5, 5.41) is 6.44. The molecule has 2 aliphatic rings. The molecule has 0 spiro atoms. The molecule has 1 amide bonds. The topological polar surface area (TPSA) is 158 Å². The van der Waals surface area contributed by atoms with Gasteiger partial charge in [-0.15, -0.1) is 0 Å². The van der Waals surface area contributed by atoms with Gasteiger partial charge in [-0.05, 0) is 18.4 Å². The number of alkyl carbamates (subject to hydrolysis) is 1. The molecule has 0 bridgehead atoms. The summed E-state index contributed by atoms with van der Waals surface area (Å²) in [6.07, 6.45) is -0.0600. The van der Waals surface area contributed by atoms with Crippen molar-refractivity contribution in [1.82, 2.24) is 5.32 Å². The van der Waals surface area contributed by atoms with Crippen molar-refractivity contribution in [3.8, 4) is 0 Å². The van der Waals surface area contributed by atoms with Gasteiger partial charge in [0, 0.05) is 31.9 Å². The Morgan fingerprint density at radius 2 is 1.73 bits per heavy atom. The third-order valence-corrected chi connectivity index (χ3v) is 4.95. The van der Waals surface area contributed by atoms with E-state index >= 15 is 0 Å². The molecule has 1 aliphatic heterocycles. The van der Waals surface area contributed by atoms with E-state index in [4.69, 9.17) is 29.2 Å². The number of hydrogen-bond acceptors (Lipinski definition) is 9. The zero-order valence-corrected chi connectivity index (χ0v) is 17.3. The Balaban J connectivity index is 2.11. The van der Waals surface area contributed by atoms with Crippen LogP contribution in [0.15, 0.2) is 5.11 Å². The highest BCUT2D eigenvalue weighted by Crippen LogP contribution is 2.29. The summed E-state index contributed by atoms with van der Waals surface area (Å²) >= 11 is 0. The molecule has 12 heteroatoms. The van der Waals surface area contributed by atoms with Gasteiger partial charge >= 0.3 is 18.0 Å². The molecule has 1 saturated heterocycles. The van der Waals surface area contributed by atoms with E-state index in [2.05, 4.69) is 15.3 Å². The minimum absolute atomic E-state index is 0.0558. The molecule has 0 aromatic rings. The lowest BCUT2D eigenvalue weighted by molar-refractivity contribution is -0.276. The average Bonchev–Trinajstić information content (AvgIpc) is 2.69. The Morgan fingerprint density at radius 3 is 2.30 bits per heavy atom. The van der Waals surface area contributed by atoms with Gasteiger partial charge in [0.2, 0.25) is 0 Å². The average molecular weight is 428 g/mol. The van der Waals surface area contributed by atoms with E-state index in [1.54, 1.807) is 0 Å². The van der Waals surface area contributed by atoms with Crippen LogP contribution in [0.2, 0.25) is 0 Å². The Bertz CT molecular complexity index is 663. The van der Waals surface area contributed by atoms with Gasteiger partial charge in [-0.3, -0.25) is 9.59 Å². The van der Waals surface area contributed by atoms with Crippen molar-refractivity contribution in [1.29, 1.82) is 0 Å². The first-order chi connectivity index (χ1) is 14.3. The van der Waals surface area contributed by atoms with E-state index in [1.165, 1.54) is 21.0 Å². The minimum atomic E-state index is -1.18. The normalized spacial score (nSPS) is 29.2. The van der Waals surface area contributed by atoms with E-state index in [0.717, 1.165) is 32.1 Å². The Morgan fingerprint density at radius 1 is 1.10 bits per heavy atom. The van der Waals surface area contributed by atoms with Gasteiger partial charge in [0.15, 0.2) is 18.5 Å². The first kappa shape index (κ1) is 23.7. The van der Waals surface area contributed by atoms with Crippen molar-refractivity contribution in [2.24, 2.45) is 5.11 Å². The summed E-state index contributed by atoms with van der Waals surface area (Å²) in [5.74, 6) is -1.34. The fourth-order valence-corrected chi connectivity index (χ4v) is 3.67. The zero-order chi connectivity index (χ0) is 22.1. The van der Waals surface area contributed by atoms with Crippen LogP contribution in [-0.4, -0.2) is 68.4 Å². The molecule has 1 N–H and O–H groups in total. The monoisotopic (exact) mass is 428 g/mol. The number of esters is 2. The van der Waals surface area contributed by atoms with Gasteiger partial charge in [-0.25, -0.2) is 4.79 Å². The van der Waals surface area contributed by atoms with E-state index < -0.39 is 48.7 Å². The minimum Gasteiger partial charge on any atom is -0.458 e. The smallest absolute Gasteiger partial charge is 0.407 e. The number of amides is 1. The molecule has 1 aliphatic carbocycles. The molecule has 1 saturated carbocycles. The molecule has 30 heavy (non-hydrogen) atoms. The number of ether oxygens (including phenoxy) is 5. The Labute approximate surface area is 174 Å². The highest BCUT2D eigenvalue weighted by Gasteiger charge is 2.50. The molecular weight excluding hydrogens is 400 g/mol. The molecule has 168 valence electrons. The maximum absolute atomic E-state index is 12.2. The summed E-state index contributed by atoms with van der Waals surface area (Å²) in [6.45, 7) is 2.05. The molecule has 0 aromatic heterocycles. The Kier molecular flexibility index (Phi) is 9.15. The van der Waals surface area contributed by atoms with Crippen molar-refractivity contribution in [3.05, 3.63) is 10.4 Å². The molecule has 12 nitrogen and oxygen atoms in total. The fourth-order valence-electron chi connectivity index (χ4n) is 3.67. The highest BCUT2D eigenvalue weighted by atomic mass is 16.7. The molecule has 0 unspecified atom stereocenters. The molecule has 1 heterocycles. The lowest BCUT2D eigenvalue weighted by Crippen LogP contribution is -2.61. The molecule has 0 aromatic carbocycles. The van der Waals surface area contributed by atoms with Crippen LogP contribution in [0.3, 0.4) is 0 Å². The lowest BCUT2D eigenvalue weighted by atomic mass is 9.96. The molecular formula is C18H28N4O8. The van der Waals surface area contributed by atoms with Crippen LogP contribution in [-0.2, 0) is 33.3 Å². The fraction of sp³-hybridized carbons (Fsp3) is 0.833. The first-order valence-electron chi connectivity index (χ1n) is 9.86. The van der Waals surface area contributed by atoms with E-state index in [0.29, 0.717) is 0 Å². The second-order valence-corrected chi connectivity index (χ2v) is 7.20. The number of rotatable bonds is 7. The van der Waals surface area contributed by atoms with Crippen LogP contribution in [0.25, 0.3) is 10.4 Å². The van der Waals surface area contributed by atoms with Crippen molar-refractivity contribution in [3.63, 3.8) is 0 Å². The first-order valence-corrected chi connectivity index (χ1v) is 9.86. The third-order valence-electron chi connectivity index (χ3n) is 4.95. The number of nitrogens with one attached hydrogen (secondary N) is 1. The predicted molar refractivity (Wildman–Crippen MR) is 101 cm³/mol. The second-order valence-electron chi connectivity index (χ2n) is 7.20. The van der Waals surface area contributed by atoms with Crippen molar-refractivity contribution in [2.45, 2.75) is 82.6 Å². The number of azide groups is 1. The van der Waals surface area contributed by atoms with Gasteiger partial charge in [-0.2, -0.15) is 0 Å². The van der Waals surface area contributed by atoms with E-state index in [1.807, 2.05) is 0 Å². The van der Waals surface area contributed by atoms with Crippen LogP contribution in [0.5, 0.6) is 0 Å². The van der Waals surface area contributed by atoms with Crippen LogP contribution in [0, 0.1) is 0 Å². The quantitative estimate of drug-likeness (QED) is 0.212. The maximum Gasteiger partial charge on any atom is 0.407 e. The molecule has 0 radical (unpaired) electrons. The van der Waals surface area contributed by atoms with Gasteiger partial charge in [0.05, 0.1) is 0 Å². The summed E-state index contributed by atoms with van der Waals surface area (Å²) in [7, 11) is 1.31. The van der Waals surface area contributed by atoms with Crippen molar-refractivity contribution in [2.75, 3.05) is 13.7 Å². The molecule has 2 fully saturated rings. The third kappa shape index (κ3) is 6.75. The number of carbonyl (C=O) groups is 3. The summed E-state index contributed by atoms with van der Waals surface area (Å²) in [6, 6.07) is -1.06. The van der Waals surface area contributed by atoms with Gasteiger partial charge in [0.1, 0.15) is 18.8 Å². The molecule has 2 rings (SSSR count). The van der Waals surface area contributed by atoms with Gasteiger partial charge in [0.25, 0.3) is 0 Å².